The Morgan fingerprint density at radius 1 is 1.14 bits per heavy atom. The number of aromatic hydroxyl groups is 2. The molecule has 1 aliphatic rings. The van der Waals surface area contributed by atoms with Crippen molar-refractivity contribution in [2.24, 2.45) is 0 Å². The normalized spacial score (nSPS) is 24.3. The van der Waals surface area contributed by atoms with Crippen molar-refractivity contribution >= 4 is 37.6 Å². The number of alkyl halides is 2. The third-order valence-electron chi connectivity index (χ3n) is 3.29. The number of phenols is 2. The zero-order valence-corrected chi connectivity index (χ0v) is 13.8. The summed E-state index contributed by atoms with van der Waals surface area (Å²) in [6.07, 6.45) is 0. The fourth-order valence-corrected chi connectivity index (χ4v) is 3.53. The lowest BCUT2D eigenvalue weighted by Gasteiger charge is -2.37. The Hall–Kier alpha value is -1.53. The first-order chi connectivity index (χ1) is 9.93. The zero-order chi connectivity index (χ0) is 15.2. The second kappa shape index (κ2) is 5.03. The molecule has 3 rings (SSSR count). The summed E-state index contributed by atoms with van der Waals surface area (Å²) in [5.41, 5.74) is 0.800. The summed E-state index contributed by atoms with van der Waals surface area (Å²) < 4.78 is 4.77. The maximum atomic E-state index is 12.5. The van der Waals surface area contributed by atoms with Crippen molar-refractivity contribution in [3.05, 3.63) is 53.6 Å². The van der Waals surface area contributed by atoms with Crippen molar-refractivity contribution in [3.8, 4) is 17.2 Å². The van der Waals surface area contributed by atoms with E-state index in [1.165, 1.54) is 6.07 Å². The number of rotatable bonds is 1. The number of benzene rings is 2. The number of Topliss-reactive ketones (excluding diaryl/α,β-unsaturated/α-hetero) is 1. The van der Waals surface area contributed by atoms with Crippen LogP contribution >= 0.6 is 31.9 Å². The van der Waals surface area contributed by atoms with Gasteiger partial charge in [0.1, 0.15) is 27.6 Å². The van der Waals surface area contributed by atoms with E-state index in [-0.39, 0.29) is 28.6 Å². The summed E-state index contributed by atoms with van der Waals surface area (Å²) in [6.45, 7) is 0. The van der Waals surface area contributed by atoms with Crippen LogP contribution in [0.3, 0.4) is 0 Å². The van der Waals surface area contributed by atoms with Gasteiger partial charge in [-0.3, -0.25) is 4.79 Å². The van der Waals surface area contributed by atoms with Crippen LogP contribution < -0.4 is 4.74 Å². The Morgan fingerprint density at radius 2 is 1.81 bits per heavy atom. The summed E-state index contributed by atoms with van der Waals surface area (Å²) >= 11 is 6.82. The molecule has 108 valence electrons. The van der Waals surface area contributed by atoms with E-state index in [1.54, 1.807) is 0 Å². The highest BCUT2D eigenvalue weighted by atomic mass is 79.9. The van der Waals surface area contributed by atoms with Crippen molar-refractivity contribution in [1.82, 2.24) is 0 Å². The van der Waals surface area contributed by atoms with Crippen LogP contribution in [-0.2, 0) is 4.51 Å². The van der Waals surface area contributed by atoms with Gasteiger partial charge in [-0.2, -0.15) is 0 Å². The molecular weight excluding hydrogens is 404 g/mol. The molecule has 0 bridgehead atoms. The Balaban J connectivity index is 2.18. The maximum Gasteiger partial charge on any atom is 0.208 e. The van der Waals surface area contributed by atoms with Gasteiger partial charge in [0.05, 0.1) is 0 Å². The number of hydrogen-bond acceptors (Lipinski definition) is 4. The minimum Gasteiger partial charge on any atom is -0.508 e. The largest absolute Gasteiger partial charge is 0.508 e. The number of halogens is 2. The van der Waals surface area contributed by atoms with Gasteiger partial charge in [-0.25, -0.2) is 0 Å². The molecule has 1 unspecified atom stereocenters. The van der Waals surface area contributed by atoms with Crippen LogP contribution in [0.1, 0.15) is 15.9 Å². The van der Waals surface area contributed by atoms with E-state index in [0.29, 0.717) is 0 Å². The van der Waals surface area contributed by atoms with E-state index in [4.69, 9.17) is 4.74 Å². The van der Waals surface area contributed by atoms with Gasteiger partial charge in [-0.15, -0.1) is 0 Å². The van der Waals surface area contributed by atoms with Gasteiger partial charge >= 0.3 is 0 Å². The van der Waals surface area contributed by atoms with E-state index in [9.17, 15) is 15.0 Å². The van der Waals surface area contributed by atoms with Gasteiger partial charge < -0.3 is 14.9 Å². The fourth-order valence-electron chi connectivity index (χ4n) is 2.29. The van der Waals surface area contributed by atoms with E-state index in [1.807, 2.05) is 30.3 Å². The lowest BCUT2D eigenvalue weighted by atomic mass is 9.95. The second-order valence-electron chi connectivity index (χ2n) is 4.68. The topological polar surface area (TPSA) is 66.8 Å². The third kappa shape index (κ3) is 2.22. The van der Waals surface area contributed by atoms with Crippen molar-refractivity contribution in [1.29, 1.82) is 0 Å². The Labute approximate surface area is 137 Å². The molecule has 0 fully saturated rings. The lowest BCUT2D eigenvalue weighted by Crippen LogP contribution is -2.44. The zero-order valence-electron chi connectivity index (χ0n) is 10.6. The van der Waals surface area contributed by atoms with Gasteiger partial charge in [0.25, 0.3) is 0 Å². The predicted molar refractivity (Wildman–Crippen MR) is 84.5 cm³/mol. The summed E-state index contributed by atoms with van der Waals surface area (Å²) in [4.78, 5) is 11.8. The molecule has 0 aromatic heterocycles. The monoisotopic (exact) mass is 412 g/mol. The molecule has 0 saturated heterocycles. The van der Waals surface area contributed by atoms with Crippen LogP contribution in [0.5, 0.6) is 17.2 Å². The number of fused-ring (bicyclic) bond motifs is 1. The molecule has 1 aliphatic heterocycles. The van der Waals surface area contributed by atoms with Crippen molar-refractivity contribution < 1.29 is 19.7 Å². The molecule has 0 spiro atoms. The highest BCUT2D eigenvalue weighted by Gasteiger charge is 2.49. The number of carbonyl (C=O) groups is 1. The first-order valence-corrected chi connectivity index (χ1v) is 7.82. The minimum atomic E-state index is -1.11. The standard InChI is InChI=1S/C15H10Br2O4/c16-14-13(20)12-10(19)6-9(18)7-11(12)21-15(14,17)8-4-2-1-3-5-8/h1-7,14,18-19H/t14?,15-/m1/s1. The second-order valence-corrected chi connectivity index (χ2v) is 6.77. The highest BCUT2D eigenvalue weighted by molar-refractivity contribution is 9.12. The number of phenolic OH excluding ortho intramolecular Hbond substituents is 2. The van der Waals surface area contributed by atoms with Crippen LogP contribution in [0, 0.1) is 0 Å². The average molecular weight is 414 g/mol. The van der Waals surface area contributed by atoms with E-state index < -0.39 is 9.34 Å². The number of ether oxygens (including phenoxy) is 1. The Morgan fingerprint density at radius 3 is 2.48 bits per heavy atom. The molecular formula is C15H10Br2O4. The number of ketones is 1. The van der Waals surface area contributed by atoms with Crippen molar-refractivity contribution in [3.63, 3.8) is 0 Å². The molecule has 4 nitrogen and oxygen atoms in total. The molecule has 2 N–H and O–H groups in total. The average Bonchev–Trinajstić information content (AvgIpc) is 2.45. The third-order valence-corrected chi connectivity index (χ3v) is 6.05. The number of carbonyl (C=O) groups excluding carboxylic acids is 1. The van der Waals surface area contributed by atoms with E-state index in [2.05, 4.69) is 31.9 Å². The lowest BCUT2D eigenvalue weighted by molar-refractivity contribution is 0.0825. The van der Waals surface area contributed by atoms with Crippen LogP contribution in [-0.4, -0.2) is 20.8 Å². The van der Waals surface area contributed by atoms with Crippen molar-refractivity contribution in [2.75, 3.05) is 0 Å². The molecule has 2 aromatic carbocycles. The minimum absolute atomic E-state index is 0.0562. The molecule has 1 heterocycles. The predicted octanol–water partition coefficient (Wildman–Crippen LogP) is 3.68. The summed E-state index contributed by atoms with van der Waals surface area (Å²) in [6, 6.07) is 11.6. The Bertz CT molecular complexity index is 717. The quantitative estimate of drug-likeness (QED) is 0.699. The maximum absolute atomic E-state index is 12.5. The van der Waals surface area contributed by atoms with Crippen LogP contribution in [0.4, 0.5) is 0 Å². The Kier molecular flexibility index (Phi) is 3.45. The molecule has 6 heteroatoms. The molecule has 2 atom stereocenters. The van der Waals surface area contributed by atoms with E-state index >= 15 is 0 Å². The molecule has 0 amide bonds. The van der Waals surface area contributed by atoms with Gasteiger partial charge in [0.15, 0.2) is 5.78 Å². The first kappa shape index (κ1) is 14.4. The van der Waals surface area contributed by atoms with E-state index in [0.717, 1.165) is 11.6 Å². The number of hydrogen-bond donors (Lipinski definition) is 2. The van der Waals surface area contributed by atoms with Gasteiger partial charge in [-0.1, -0.05) is 46.3 Å². The molecule has 0 radical (unpaired) electrons. The SMILES string of the molecule is O=C1c2c(O)cc(O)cc2O[C@](Br)(c2ccccc2)C1Br. The van der Waals surface area contributed by atoms with Crippen LogP contribution in [0.25, 0.3) is 0 Å². The summed E-state index contributed by atoms with van der Waals surface area (Å²) in [7, 11) is 0. The van der Waals surface area contributed by atoms with Gasteiger partial charge in [0.2, 0.25) is 4.51 Å². The van der Waals surface area contributed by atoms with Crippen LogP contribution in [0.15, 0.2) is 42.5 Å². The summed E-state index contributed by atoms with van der Waals surface area (Å²) in [5, 5.41) is 19.5. The van der Waals surface area contributed by atoms with Gasteiger partial charge in [0, 0.05) is 17.7 Å². The molecule has 0 aliphatic carbocycles. The van der Waals surface area contributed by atoms with Gasteiger partial charge in [-0.05, 0) is 15.9 Å². The highest BCUT2D eigenvalue weighted by Crippen LogP contribution is 2.50. The van der Waals surface area contributed by atoms with Crippen LogP contribution in [0.2, 0.25) is 0 Å². The fraction of sp³-hybridized carbons (Fsp3) is 0.133. The first-order valence-electron chi connectivity index (χ1n) is 6.11. The summed E-state index contributed by atoms with van der Waals surface area (Å²) in [5.74, 6) is -0.666. The van der Waals surface area contributed by atoms with Crippen molar-refractivity contribution in [2.45, 2.75) is 9.34 Å². The molecule has 0 saturated carbocycles. The molecule has 21 heavy (non-hydrogen) atoms. The molecule has 2 aromatic rings. The smallest absolute Gasteiger partial charge is 0.208 e.